The van der Waals surface area contributed by atoms with Crippen molar-refractivity contribution in [2.75, 3.05) is 18.0 Å². The average Bonchev–Trinajstić information content (AvgIpc) is 2.42. The largest absolute Gasteiger partial charge is 0.330 e. The summed E-state index contributed by atoms with van der Waals surface area (Å²) in [7, 11) is 0. The topological polar surface area (TPSA) is 42.1 Å². The maximum Gasteiger partial charge on any atom is 0.169 e. The van der Waals surface area contributed by atoms with Gasteiger partial charge in [-0.1, -0.05) is 0 Å². The first-order chi connectivity index (χ1) is 9.61. The molecule has 0 saturated heterocycles. The maximum absolute atomic E-state index is 14.1. The molecule has 106 valence electrons. The minimum atomic E-state index is -0.444. The highest BCUT2D eigenvalue weighted by atomic mass is 79.9. The van der Waals surface area contributed by atoms with Gasteiger partial charge in [-0.15, -0.1) is 0 Å². The van der Waals surface area contributed by atoms with Crippen LogP contribution in [0.5, 0.6) is 0 Å². The normalized spacial score (nSPS) is 10.6. The minimum Gasteiger partial charge on any atom is -0.330 e. The SMILES string of the molecule is NCCCN(c1ccc(F)cc1)c1ncc(Br)cc1F. The van der Waals surface area contributed by atoms with Gasteiger partial charge in [-0.05, 0) is 59.2 Å². The van der Waals surface area contributed by atoms with Crippen molar-refractivity contribution < 1.29 is 8.78 Å². The molecule has 1 heterocycles. The molecule has 6 heteroatoms. The van der Waals surface area contributed by atoms with Crippen LogP contribution >= 0.6 is 15.9 Å². The number of nitrogens with two attached hydrogens (primary N) is 1. The summed E-state index contributed by atoms with van der Waals surface area (Å²) in [5.74, 6) is -0.578. The molecular weight excluding hydrogens is 328 g/mol. The van der Waals surface area contributed by atoms with Crippen molar-refractivity contribution in [3.8, 4) is 0 Å². The highest BCUT2D eigenvalue weighted by molar-refractivity contribution is 9.10. The van der Waals surface area contributed by atoms with Gasteiger partial charge in [0, 0.05) is 22.9 Å². The van der Waals surface area contributed by atoms with Gasteiger partial charge in [0.05, 0.1) is 0 Å². The Morgan fingerprint density at radius 2 is 1.90 bits per heavy atom. The third-order valence-corrected chi connectivity index (χ3v) is 3.20. The molecular formula is C14H14BrF2N3. The van der Waals surface area contributed by atoms with Gasteiger partial charge >= 0.3 is 0 Å². The molecule has 20 heavy (non-hydrogen) atoms. The quantitative estimate of drug-likeness (QED) is 0.903. The number of hydrogen-bond acceptors (Lipinski definition) is 3. The van der Waals surface area contributed by atoms with Gasteiger partial charge in [0.15, 0.2) is 11.6 Å². The third kappa shape index (κ3) is 3.52. The number of halogens is 3. The predicted octanol–water partition coefficient (Wildman–Crippen LogP) is 3.61. The summed E-state index contributed by atoms with van der Waals surface area (Å²) >= 11 is 3.17. The minimum absolute atomic E-state index is 0.202. The van der Waals surface area contributed by atoms with E-state index in [2.05, 4.69) is 20.9 Å². The van der Waals surface area contributed by atoms with E-state index >= 15 is 0 Å². The first-order valence-electron chi connectivity index (χ1n) is 6.16. The number of nitrogens with zero attached hydrogens (tertiary/aromatic N) is 2. The van der Waals surface area contributed by atoms with E-state index in [4.69, 9.17) is 5.73 Å². The number of benzene rings is 1. The fraction of sp³-hybridized carbons (Fsp3) is 0.214. The lowest BCUT2D eigenvalue weighted by Gasteiger charge is -2.24. The number of aromatic nitrogens is 1. The van der Waals surface area contributed by atoms with Crippen molar-refractivity contribution in [1.82, 2.24) is 4.98 Å². The summed E-state index contributed by atoms with van der Waals surface area (Å²) in [5.41, 5.74) is 6.19. The first kappa shape index (κ1) is 14.9. The fourth-order valence-corrected chi connectivity index (χ4v) is 2.14. The third-order valence-electron chi connectivity index (χ3n) is 2.77. The molecule has 0 unspecified atom stereocenters. The average molecular weight is 342 g/mol. The van der Waals surface area contributed by atoms with Crippen molar-refractivity contribution in [1.29, 1.82) is 0 Å². The van der Waals surface area contributed by atoms with Gasteiger partial charge in [-0.3, -0.25) is 0 Å². The molecule has 2 N–H and O–H groups in total. The van der Waals surface area contributed by atoms with Gasteiger partial charge in [0.1, 0.15) is 5.82 Å². The lowest BCUT2D eigenvalue weighted by molar-refractivity contribution is 0.614. The maximum atomic E-state index is 14.1. The molecule has 0 atom stereocenters. The molecule has 3 nitrogen and oxygen atoms in total. The number of anilines is 2. The Kier molecular flexibility index (Phi) is 5.03. The Hall–Kier alpha value is -1.53. The molecule has 0 bridgehead atoms. The Balaban J connectivity index is 2.38. The first-order valence-corrected chi connectivity index (χ1v) is 6.95. The molecule has 2 aromatic rings. The Morgan fingerprint density at radius 3 is 2.50 bits per heavy atom. The Bertz CT molecular complexity index is 575. The molecule has 0 saturated carbocycles. The van der Waals surface area contributed by atoms with Crippen molar-refractivity contribution in [2.45, 2.75) is 6.42 Å². The lowest BCUT2D eigenvalue weighted by atomic mass is 10.2. The second kappa shape index (κ2) is 6.76. The van der Waals surface area contributed by atoms with Gasteiger partial charge in [-0.2, -0.15) is 0 Å². The van der Waals surface area contributed by atoms with Crippen LogP contribution in [0, 0.1) is 11.6 Å². The predicted molar refractivity (Wildman–Crippen MR) is 79.0 cm³/mol. The summed E-state index contributed by atoms with van der Waals surface area (Å²) in [4.78, 5) is 5.79. The smallest absolute Gasteiger partial charge is 0.169 e. The van der Waals surface area contributed by atoms with Crippen LogP contribution in [-0.4, -0.2) is 18.1 Å². The van der Waals surface area contributed by atoms with E-state index < -0.39 is 5.82 Å². The van der Waals surface area contributed by atoms with Crippen LogP contribution in [0.25, 0.3) is 0 Å². The second-order valence-electron chi connectivity index (χ2n) is 4.23. The number of rotatable bonds is 5. The summed E-state index contributed by atoms with van der Waals surface area (Å²) in [6.45, 7) is 0.990. The van der Waals surface area contributed by atoms with Crippen LogP contribution in [0.2, 0.25) is 0 Å². The van der Waals surface area contributed by atoms with Gasteiger partial charge in [-0.25, -0.2) is 13.8 Å². The van der Waals surface area contributed by atoms with E-state index in [-0.39, 0.29) is 11.6 Å². The number of pyridine rings is 1. The van der Waals surface area contributed by atoms with E-state index in [0.29, 0.717) is 29.7 Å². The van der Waals surface area contributed by atoms with E-state index in [1.165, 1.54) is 24.4 Å². The van der Waals surface area contributed by atoms with Crippen LogP contribution in [0.3, 0.4) is 0 Å². The molecule has 2 rings (SSSR count). The zero-order valence-electron chi connectivity index (χ0n) is 10.7. The lowest BCUT2D eigenvalue weighted by Crippen LogP contribution is -2.23. The molecule has 0 aliphatic rings. The highest BCUT2D eigenvalue weighted by Gasteiger charge is 2.15. The zero-order chi connectivity index (χ0) is 14.5. The molecule has 0 fully saturated rings. The van der Waals surface area contributed by atoms with Gasteiger partial charge in [0.2, 0.25) is 0 Å². The van der Waals surface area contributed by atoms with Gasteiger partial charge < -0.3 is 10.6 Å². The van der Waals surface area contributed by atoms with Crippen LogP contribution < -0.4 is 10.6 Å². The van der Waals surface area contributed by atoms with Crippen LogP contribution in [0.1, 0.15) is 6.42 Å². The van der Waals surface area contributed by atoms with Crippen molar-refractivity contribution in [3.63, 3.8) is 0 Å². The molecule has 0 aliphatic carbocycles. The molecule has 1 aromatic carbocycles. The summed E-state index contributed by atoms with van der Waals surface area (Å²) in [6.07, 6.45) is 2.20. The van der Waals surface area contributed by atoms with Crippen molar-refractivity contribution in [2.24, 2.45) is 5.73 Å². The van der Waals surface area contributed by atoms with Crippen LogP contribution in [0.4, 0.5) is 20.3 Å². The van der Waals surface area contributed by atoms with Crippen LogP contribution in [0.15, 0.2) is 41.0 Å². The highest BCUT2D eigenvalue weighted by Crippen LogP contribution is 2.27. The fourth-order valence-electron chi connectivity index (χ4n) is 1.83. The number of hydrogen-bond donors (Lipinski definition) is 1. The van der Waals surface area contributed by atoms with E-state index in [1.54, 1.807) is 17.0 Å². The van der Waals surface area contributed by atoms with Crippen molar-refractivity contribution in [3.05, 3.63) is 52.6 Å². The Labute approximate surface area is 124 Å². The zero-order valence-corrected chi connectivity index (χ0v) is 12.3. The summed E-state index contributed by atoms with van der Waals surface area (Å²) in [6, 6.07) is 7.20. The van der Waals surface area contributed by atoms with Crippen LogP contribution in [-0.2, 0) is 0 Å². The molecule has 0 radical (unpaired) electrons. The van der Waals surface area contributed by atoms with E-state index in [0.717, 1.165) is 0 Å². The summed E-state index contributed by atoms with van der Waals surface area (Å²) < 4.78 is 27.6. The molecule has 0 aliphatic heterocycles. The van der Waals surface area contributed by atoms with E-state index in [1.807, 2.05) is 0 Å². The van der Waals surface area contributed by atoms with E-state index in [9.17, 15) is 8.78 Å². The standard InChI is InChI=1S/C14H14BrF2N3/c15-10-8-13(17)14(19-9-10)20(7-1-6-18)12-4-2-11(16)3-5-12/h2-5,8-9H,1,6-7,18H2. The molecule has 0 amide bonds. The van der Waals surface area contributed by atoms with Crippen molar-refractivity contribution >= 4 is 27.4 Å². The summed E-state index contributed by atoms with van der Waals surface area (Å²) in [5, 5.41) is 0. The molecule has 1 aromatic heterocycles. The Morgan fingerprint density at radius 1 is 1.20 bits per heavy atom. The van der Waals surface area contributed by atoms with Gasteiger partial charge in [0.25, 0.3) is 0 Å². The monoisotopic (exact) mass is 341 g/mol. The molecule has 0 spiro atoms. The second-order valence-corrected chi connectivity index (χ2v) is 5.14.